The molecule has 9 nitrogen and oxygen atoms in total. The summed E-state index contributed by atoms with van der Waals surface area (Å²) < 4.78 is 38.3. The van der Waals surface area contributed by atoms with E-state index in [4.69, 9.17) is 21.1 Å². The van der Waals surface area contributed by atoms with Crippen molar-refractivity contribution in [3.63, 3.8) is 0 Å². The van der Waals surface area contributed by atoms with Crippen molar-refractivity contribution in [1.29, 1.82) is 0 Å². The van der Waals surface area contributed by atoms with Gasteiger partial charge in [0.2, 0.25) is 21.8 Å². The van der Waals surface area contributed by atoms with Crippen molar-refractivity contribution in [1.82, 2.24) is 10.2 Å². The van der Waals surface area contributed by atoms with Gasteiger partial charge < -0.3 is 19.7 Å². The first-order valence-electron chi connectivity index (χ1n) is 13.7. The maximum Gasteiger partial charge on any atom is 0.244 e. The summed E-state index contributed by atoms with van der Waals surface area (Å²) in [5.41, 5.74) is 1.86. The molecule has 0 bridgehead atoms. The predicted molar refractivity (Wildman–Crippen MR) is 163 cm³/mol. The van der Waals surface area contributed by atoms with Crippen LogP contribution in [0.2, 0.25) is 5.02 Å². The molecule has 1 heterocycles. The van der Waals surface area contributed by atoms with Crippen molar-refractivity contribution < 1.29 is 27.5 Å². The van der Waals surface area contributed by atoms with Gasteiger partial charge in [-0.05, 0) is 41.3 Å². The monoisotopic (exact) mass is 613 g/mol. The minimum absolute atomic E-state index is 0.0708. The lowest BCUT2D eigenvalue weighted by Crippen LogP contribution is -2.53. The number of carbonyl (C=O) groups is 2. The molecule has 0 aromatic heterocycles. The maximum absolute atomic E-state index is 14.2. The van der Waals surface area contributed by atoms with Gasteiger partial charge in [-0.1, -0.05) is 67.9 Å². The molecule has 224 valence electrons. The molecular formula is C31H36ClN3O6S. The van der Waals surface area contributed by atoms with Crippen molar-refractivity contribution in [2.75, 3.05) is 36.9 Å². The van der Waals surface area contributed by atoms with E-state index in [1.165, 1.54) is 4.90 Å². The molecule has 3 aromatic carbocycles. The lowest BCUT2D eigenvalue weighted by Gasteiger charge is -2.34. The molecule has 0 saturated heterocycles. The average molecular weight is 614 g/mol. The highest BCUT2D eigenvalue weighted by Gasteiger charge is 2.33. The van der Waals surface area contributed by atoms with E-state index in [2.05, 4.69) is 5.32 Å². The molecule has 3 aromatic rings. The summed E-state index contributed by atoms with van der Waals surface area (Å²) >= 11 is 6.10. The lowest BCUT2D eigenvalue weighted by molar-refractivity contribution is -0.140. The van der Waals surface area contributed by atoms with Gasteiger partial charge in [0.25, 0.3) is 0 Å². The van der Waals surface area contributed by atoms with Crippen molar-refractivity contribution in [3.05, 3.63) is 88.9 Å². The van der Waals surface area contributed by atoms with Crippen LogP contribution in [0.4, 0.5) is 5.69 Å². The van der Waals surface area contributed by atoms with Crippen LogP contribution in [-0.2, 0) is 32.6 Å². The number of rotatable bonds is 12. The van der Waals surface area contributed by atoms with E-state index in [1.54, 1.807) is 42.5 Å². The number of carbonyl (C=O) groups excluding carboxylic acids is 2. The summed E-state index contributed by atoms with van der Waals surface area (Å²) in [6.45, 7) is 4.68. The quantitative estimate of drug-likeness (QED) is 0.327. The molecule has 4 rings (SSSR count). The Morgan fingerprint density at radius 3 is 2.24 bits per heavy atom. The summed E-state index contributed by atoms with van der Waals surface area (Å²) in [5, 5.41) is 3.50. The Morgan fingerprint density at radius 2 is 1.60 bits per heavy atom. The van der Waals surface area contributed by atoms with Crippen LogP contribution in [0.25, 0.3) is 0 Å². The number of nitrogens with zero attached hydrogens (tertiary/aromatic N) is 2. The summed E-state index contributed by atoms with van der Waals surface area (Å²) in [5.74, 6) is 0.237. The molecule has 11 heteroatoms. The Hall–Kier alpha value is -3.76. The van der Waals surface area contributed by atoms with E-state index < -0.39 is 28.5 Å². The lowest BCUT2D eigenvalue weighted by atomic mass is 10.0. The fourth-order valence-electron chi connectivity index (χ4n) is 4.56. The summed E-state index contributed by atoms with van der Waals surface area (Å²) in [4.78, 5) is 29.3. The molecule has 0 fully saturated rings. The Labute approximate surface area is 252 Å². The largest absolute Gasteiger partial charge is 0.486 e. The van der Waals surface area contributed by atoms with Crippen LogP contribution in [-0.4, -0.2) is 63.7 Å². The highest BCUT2D eigenvalue weighted by Crippen LogP contribution is 2.34. The van der Waals surface area contributed by atoms with Gasteiger partial charge in [-0.15, -0.1) is 0 Å². The van der Waals surface area contributed by atoms with Crippen molar-refractivity contribution in [2.45, 2.75) is 32.9 Å². The van der Waals surface area contributed by atoms with Crippen molar-refractivity contribution >= 4 is 39.1 Å². The second-order valence-corrected chi connectivity index (χ2v) is 12.9. The van der Waals surface area contributed by atoms with E-state index in [1.807, 2.05) is 44.2 Å². The molecular weight excluding hydrogens is 578 g/mol. The molecule has 1 unspecified atom stereocenters. The molecule has 0 spiro atoms. The number of sulfonamides is 1. The summed E-state index contributed by atoms with van der Waals surface area (Å²) in [6.07, 6.45) is 1.28. The summed E-state index contributed by atoms with van der Waals surface area (Å²) in [7, 11) is -3.91. The van der Waals surface area contributed by atoms with Crippen molar-refractivity contribution in [2.24, 2.45) is 5.92 Å². The van der Waals surface area contributed by atoms with Crippen LogP contribution in [0, 0.1) is 5.92 Å². The Kier molecular flexibility index (Phi) is 10.3. The maximum atomic E-state index is 14.2. The zero-order valence-electron chi connectivity index (χ0n) is 24.0. The predicted octanol–water partition coefficient (Wildman–Crippen LogP) is 4.29. The SMILES string of the molecule is CC(C)CNC(=O)C(Cc1ccccc1)N(Cc1ccc(Cl)cc1)C(=O)CN(c1ccc2c(c1)OCCO2)S(C)(=O)=O. The van der Waals surface area contributed by atoms with Crippen LogP contribution in [0.1, 0.15) is 25.0 Å². The Balaban J connectivity index is 1.71. The van der Waals surface area contributed by atoms with Gasteiger partial charge in [0.15, 0.2) is 11.5 Å². The molecule has 0 saturated carbocycles. The van der Waals surface area contributed by atoms with Gasteiger partial charge >= 0.3 is 0 Å². The van der Waals surface area contributed by atoms with E-state index in [0.29, 0.717) is 36.3 Å². The number of benzene rings is 3. The zero-order valence-corrected chi connectivity index (χ0v) is 25.5. The van der Waals surface area contributed by atoms with Gasteiger partial charge in [0.05, 0.1) is 11.9 Å². The molecule has 1 atom stereocenters. The molecule has 1 aliphatic heterocycles. The highest BCUT2D eigenvalue weighted by atomic mass is 35.5. The average Bonchev–Trinajstić information content (AvgIpc) is 2.97. The van der Waals surface area contributed by atoms with E-state index in [-0.39, 0.29) is 30.5 Å². The minimum Gasteiger partial charge on any atom is -0.486 e. The number of ether oxygens (including phenoxy) is 2. The third kappa shape index (κ3) is 8.39. The van der Waals surface area contributed by atoms with E-state index >= 15 is 0 Å². The normalized spacial score (nSPS) is 13.4. The third-order valence-corrected chi connectivity index (χ3v) is 8.11. The smallest absolute Gasteiger partial charge is 0.244 e. The first-order valence-corrected chi connectivity index (χ1v) is 16.0. The molecule has 42 heavy (non-hydrogen) atoms. The van der Waals surface area contributed by atoms with E-state index in [9.17, 15) is 18.0 Å². The second kappa shape index (κ2) is 13.9. The third-order valence-electron chi connectivity index (χ3n) is 6.71. The number of nitrogens with one attached hydrogen (secondary N) is 1. The Bertz CT molecular complexity index is 1480. The summed E-state index contributed by atoms with van der Waals surface area (Å²) in [6, 6.07) is 20.2. The van der Waals surface area contributed by atoms with Gasteiger partial charge in [0.1, 0.15) is 25.8 Å². The fourth-order valence-corrected chi connectivity index (χ4v) is 5.53. The standard InChI is InChI=1S/C31H36ClN3O6S/c1-22(2)19-33-31(37)27(17-23-7-5-4-6-8-23)34(20-24-9-11-25(32)12-10-24)30(36)21-35(42(3,38)39)26-13-14-28-29(18-26)41-16-15-40-28/h4-14,18,22,27H,15-17,19-21H2,1-3H3,(H,33,37). The number of anilines is 1. The van der Waals surface area contributed by atoms with Crippen LogP contribution < -0.4 is 19.1 Å². The number of fused-ring (bicyclic) bond motifs is 1. The first-order chi connectivity index (χ1) is 20.0. The highest BCUT2D eigenvalue weighted by molar-refractivity contribution is 7.92. The minimum atomic E-state index is -3.91. The molecule has 2 amide bonds. The number of hydrogen-bond donors (Lipinski definition) is 1. The van der Waals surface area contributed by atoms with Crippen LogP contribution >= 0.6 is 11.6 Å². The second-order valence-electron chi connectivity index (χ2n) is 10.6. The van der Waals surface area contributed by atoms with Crippen LogP contribution in [0.5, 0.6) is 11.5 Å². The Morgan fingerprint density at radius 1 is 0.929 bits per heavy atom. The van der Waals surface area contributed by atoms with Gasteiger partial charge in [0, 0.05) is 30.6 Å². The number of amides is 2. The van der Waals surface area contributed by atoms with Gasteiger partial charge in [-0.25, -0.2) is 8.42 Å². The van der Waals surface area contributed by atoms with Gasteiger partial charge in [-0.3, -0.25) is 13.9 Å². The van der Waals surface area contributed by atoms with Crippen molar-refractivity contribution in [3.8, 4) is 11.5 Å². The van der Waals surface area contributed by atoms with Crippen LogP contribution in [0.3, 0.4) is 0 Å². The van der Waals surface area contributed by atoms with Crippen LogP contribution in [0.15, 0.2) is 72.8 Å². The molecule has 1 N–H and O–H groups in total. The fraction of sp³-hybridized carbons (Fsp3) is 0.355. The number of halogens is 1. The topological polar surface area (TPSA) is 105 Å². The van der Waals surface area contributed by atoms with Gasteiger partial charge in [-0.2, -0.15) is 0 Å². The first kappa shape index (κ1) is 31.2. The molecule has 0 radical (unpaired) electrons. The zero-order chi connectivity index (χ0) is 30.3. The number of hydrogen-bond acceptors (Lipinski definition) is 6. The molecule has 1 aliphatic rings. The molecule has 0 aliphatic carbocycles. The van der Waals surface area contributed by atoms with E-state index in [0.717, 1.165) is 21.7 Å².